The van der Waals surface area contributed by atoms with E-state index in [1.807, 2.05) is 78.9 Å². The van der Waals surface area contributed by atoms with Gasteiger partial charge in [-0.25, -0.2) is 0 Å². The number of benzene rings is 3. The second kappa shape index (κ2) is 9.82. The summed E-state index contributed by atoms with van der Waals surface area (Å²) in [6.45, 7) is 0.567. The van der Waals surface area contributed by atoms with Crippen LogP contribution in [0.15, 0.2) is 88.5 Å². The number of hydrogen-bond acceptors (Lipinski definition) is 5. The van der Waals surface area contributed by atoms with Crippen molar-refractivity contribution < 1.29 is 9.47 Å². The standard InChI is InChI=1S/C23H20BrN3O2S/c1-28-21-10-6-5-9-20(21)22-25-26-23(27(22)18-7-3-2-4-8-18)30-16-15-29-19-13-11-17(24)12-14-19/h2-14H,15-16H2,1H3. The van der Waals surface area contributed by atoms with Crippen LogP contribution in [0.1, 0.15) is 0 Å². The van der Waals surface area contributed by atoms with E-state index < -0.39 is 0 Å². The molecule has 1 heterocycles. The monoisotopic (exact) mass is 481 g/mol. The van der Waals surface area contributed by atoms with Gasteiger partial charge in [-0.2, -0.15) is 0 Å². The van der Waals surface area contributed by atoms with Crippen molar-refractivity contribution in [2.45, 2.75) is 5.16 Å². The molecule has 152 valence electrons. The average molecular weight is 482 g/mol. The Hall–Kier alpha value is -2.77. The minimum absolute atomic E-state index is 0.567. The van der Waals surface area contributed by atoms with Crippen molar-refractivity contribution in [3.63, 3.8) is 0 Å². The SMILES string of the molecule is COc1ccccc1-c1nnc(SCCOc2ccc(Br)cc2)n1-c1ccccc1. The molecule has 0 bridgehead atoms. The fourth-order valence-electron chi connectivity index (χ4n) is 3.00. The number of aromatic nitrogens is 3. The molecule has 0 amide bonds. The van der Waals surface area contributed by atoms with Gasteiger partial charge in [-0.05, 0) is 48.5 Å². The summed E-state index contributed by atoms with van der Waals surface area (Å²) in [5, 5.41) is 9.75. The second-order valence-electron chi connectivity index (χ2n) is 6.33. The molecule has 0 spiro atoms. The highest BCUT2D eigenvalue weighted by molar-refractivity contribution is 9.10. The molecule has 0 aliphatic rings. The van der Waals surface area contributed by atoms with Crippen molar-refractivity contribution in [3.8, 4) is 28.6 Å². The Labute approximate surface area is 188 Å². The molecule has 1 aromatic heterocycles. The van der Waals surface area contributed by atoms with E-state index in [0.29, 0.717) is 6.61 Å². The van der Waals surface area contributed by atoms with Crippen LogP contribution in [0, 0.1) is 0 Å². The predicted octanol–water partition coefficient (Wildman–Crippen LogP) is 5.88. The van der Waals surface area contributed by atoms with Crippen LogP contribution in [-0.4, -0.2) is 34.2 Å². The first-order chi connectivity index (χ1) is 14.8. The van der Waals surface area contributed by atoms with Crippen molar-refractivity contribution in [2.75, 3.05) is 19.5 Å². The minimum Gasteiger partial charge on any atom is -0.496 e. The Morgan fingerprint density at radius 3 is 2.40 bits per heavy atom. The lowest BCUT2D eigenvalue weighted by atomic mass is 10.2. The van der Waals surface area contributed by atoms with Crippen LogP contribution in [0.4, 0.5) is 0 Å². The van der Waals surface area contributed by atoms with Crippen molar-refractivity contribution in [1.82, 2.24) is 14.8 Å². The van der Waals surface area contributed by atoms with E-state index in [9.17, 15) is 0 Å². The van der Waals surface area contributed by atoms with Crippen molar-refractivity contribution in [3.05, 3.63) is 83.3 Å². The minimum atomic E-state index is 0.567. The summed E-state index contributed by atoms with van der Waals surface area (Å²) in [5.41, 5.74) is 1.90. The van der Waals surface area contributed by atoms with Crippen molar-refractivity contribution >= 4 is 27.7 Å². The van der Waals surface area contributed by atoms with Gasteiger partial charge in [-0.15, -0.1) is 10.2 Å². The number of hydrogen-bond donors (Lipinski definition) is 0. The van der Waals surface area contributed by atoms with Gasteiger partial charge < -0.3 is 9.47 Å². The summed E-state index contributed by atoms with van der Waals surface area (Å²) >= 11 is 5.04. The van der Waals surface area contributed by atoms with Crippen LogP contribution in [0.3, 0.4) is 0 Å². The summed E-state index contributed by atoms with van der Waals surface area (Å²) in [7, 11) is 1.66. The Kier molecular flexibility index (Phi) is 6.71. The molecule has 4 aromatic rings. The Balaban J connectivity index is 1.57. The third-order valence-corrected chi connectivity index (χ3v) is 5.81. The van der Waals surface area contributed by atoms with Gasteiger partial charge in [0.05, 0.1) is 19.3 Å². The molecule has 0 unspecified atom stereocenters. The predicted molar refractivity (Wildman–Crippen MR) is 124 cm³/mol. The van der Waals surface area contributed by atoms with E-state index in [4.69, 9.17) is 9.47 Å². The first-order valence-corrected chi connectivity index (χ1v) is 11.2. The van der Waals surface area contributed by atoms with Gasteiger partial charge in [-0.3, -0.25) is 4.57 Å². The smallest absolute Gasteiger partial charge is 0.196 e. The fraction of sp³-hybridized carbons (Fsp3) is 0.130. The number of ether oxygens (including phenoxy) is 2. The maximum absolute atomic E-state index is 5.84. The number of nitrogens with zero attached hydrogens (tertiary/aromatic N) is 3. The molecular weight excluding hydrogens is 462 g/mol. The average Bonchev–Trinajstić information content (AvgIpc) is 3.22. The van der Waals surface area contributed by atoms with Gasteiger partial charge in [-0.1, -0.05) is 58.0 Å². The Morgan fingerprint density at radius 2 is 1.63 bits per heavy atom. The zero-order chi connectivity index (χ0) is 20.8. The van der Waals surface area contributed by atoms with Crippen LogP contribution in [0.2, 0.25) is 0 Å². The molecule has 0 atom stereocenters. The largest absolute Gasteiger partial charge is 0.496 e. The highest BCUT2D eigenvalue weighted by Gasteiger charge is 2.18. The molecule has 0 aliphatic carbocycles. The summed E-state index contributed by atoms with van der Waals surface area (Å²) in [6.07, 6.45) is 0. The highest BCUT2D eigenvalue weighted by atomic mass is 79.9. The molecule has 0 fully saturated rings. The maximum atomic E-state index is 5.84. The zero-order valence-corrected chi connectivity index (χ0v) is 18.8. The van der Waals surface area contributed by atoms with Gasteiger partial charge in [0.25, 0.3) is 0 Å². The summed E-state index contributed by atoms with van der Waals surface area (Å²) < 4.78 is 14.5. The van der Waals surface area contributed by atoms with Crippen LogP contribution in [0.5, 0.6) is 11.5 Å². The molecule has 7 heteroatoms. The van der Waals surface area contributed by atoms with Crippen molar-refractivity contribution in [2.24, 2.45) is 0 Å². The molecule has 0 aliphatic heterocycles. The Morgan fingerprint density at radius 1 is 0.900 bits per heavy atom. The lowest BCUT2D eigenvalue weighted by Gasteiger charge is -2.12. The maximum Gasteiger partial charge on any atom is 0.196 e. The fourth-order valence-corrected chi connectivity index (χ4v) is 4.03. The molecular formula is C23H20BrN3O2S. The zero-order valence-electron chi connectivity index (χ0n) is 16.4. The summed E-state index contributed by atoms with van der Waals surface area (Å²) in [5.74, 6) is 3.10. The molecule has 0 saturated heterocycles. The first kappa shape index (κ1) is 20.5. The number of para-hydroxylation sites is 2. The normalized spacial score (nSPS) is 10.7. The third kappa shape index (κ3) is 4.68. The van der Waals surface area contributed by atoms with E-state index in [-0.39, 0.29) is 0 Å². The number of rotatable bonds is 8. The van der Waals surface area contributed by atoms with Crippen LogP contribution >= 0.6 is 27.7 Å². The quantitative estimate of drug-likeness (QED) is 0.232. The van der Waals surface area contributed by atoms with E-state index >= 15 is 0 Å². The van der Waals surface area contributed by atoms with Gasteiger partial charge in [0.2, 0.25) is 0 Å². The van der Waals surface area contributed by atoms with Crippen LogP contribution in [0.25, 0.3) is 17.1 Å². The van der Waals surface area contributed by atoms with Gasteiger partial charge in [0.1, 0.15) is 11.5 Å². The molecule has 0 saturated carbocycles. The Bertz CT molecular complexity index is 1100. The lowest BCUT2D eigenvalue weighted by molar-refractivity contribution is 0.344. The van der Waals surface area contributed by atoms with Crippen molar-refractivity contribution in [1.29, 1.82) is 0 Å². The molecule has 30 heavy (non-hydrogen) atoms. The van der Waals surface area contributed by atoms with Gasteiger partial charge in [0, 0.05) is 15.9 Å². The molecule has 0 radical (unpaired) electrons. The topological polar surface area (TPSA) is 49.2 Å². The van der Waals surface area contributed by atoms with E-state index in [1.54, 1.807) is 18.9 Å². The number of halogens is 1. The molecule has 5 nitrogen and oxygen atoms in total. The molecule has 4 rings (SSSR count). The number of thioether (sulfide) groups is 1. The van der Waals surface area contributed by atoms with E-state index in [0.717, 1.165) is 44.0 Å². The van der Waals surface area contributed by atoms with Crippen LogP contribution < -0.4 is 9.47 Å². The summed E-state index contributed by atoms with van der Waals surface area (Å²) in [6, 6.07) is 25.8. The molecule has 0 N–H and O–H groups in total. The van der Waals surface area contributed by atoms with E-state index in [2.05, 4.69) is 30.7 Å². The van der Waals surface area contributed by atoms with Crippen LogP contribution in [-0.2, 0) is 0 Å². The third-order valence-electron chi connectivity index (χ3n) is 4.39. The second-order valence-corrected chi connectivity index (χ2v) is 8.31. The number of methoxy groups -OCH3 is 1. The first-order valence-electron chi connectivity index (χ1n) is 9.41. The summed E-state index contributed by atoms with van der Waals surface area (Å²) in [4.78, 5) is 0. The van der Waals surface area contributed by atoms with E-state index in [1.165, 1.54) is 0 Å². The van der Waals surface area contributed by atoms with Gasteiger partial charge in [0.15, 0.2) is 11.0 Å². The highest BCUT2D eigenvalue weighted by Crippen LogP contribution is 2.33. The lowest BCUT2D eigenvalue weighted by Crippen LogP contribution is -2.03. The molecule has 3 aromatic carbocycles. The van der Waals surface area contributed by atoms with Gasteiger partial charge >= 0.3 is 0 Å².